The van der Waals surface area contributed by atoms with Crippen LogP contribution in [0, 0.1) is 0 Å². The number of esters is 1. The molecule has 0 aliphatic heterocycles. The Morgan fingerprint density at radius 1 is 1.22 bits per heavy atom. The molecular formula is C14H13BrN2O5S. The van der Waals surface area contributed by atoms with Crippen LogP contribution in [0.15, 0.2) is 46.0 Å². The molecule has 0 bridgehead atoms. The Kier molecular flexibility index (Phi) is 5.22. The van der Waals surface area contributed by atoms with Crippen molar-refractivity contribution < 1.29 is 22.7 Å². The number of carbonyl (C=O) groups is 1. The van der Waals surface area contributed by atoms with Gasteiger partial charge in [0.05, 0.1) is 25.5 Å². The fraction of sp³-hybridized carbons (Fsp3) is 0.143. The van der Waals surface area contributed by atoms with Crippen molar-refractivity contribution in [3.05, 3.63) is 46.6 Å². The molecule has 1 aromatic heterocycles. The van der Waals surface area contributed by atoms with Crippen molar-refractivity contribution in [3.63, 3.8) is 0 Å². The van der Waals surface area contributed by atoms with Gasteiger partial charge in [-0.3, -0.25) is 4.72 Å². The lowest BCUT2D eigenvalue weighted by atomic mass is 10.2. The summed E-state index contributed by atoms with van der Waals surface area (Å²) in [6.07, 6.45) is 0. The Morgan fingerprint density at radius 2 is 1.96 bits per heavy atom. The minimum atomic E-state index is -3.89. The third kappa shape index (κ3) is 3.99. The van der Waals surface area contributed by atoms with Gasteiger partial charge in [-0.2, -0.15) is 8.42 Å². The zero-order chi connectivity index (χ0) is 17.0. The maximum Gasteiger partial charge on any atom is 0.337 e. The Hall–Kier alpha value is -2.13. The summed E-state index contributed by atoms with van der Waals surface area (Å²) in [5, 5.41) is -0.147. The Balaban J connectivity index is 2.37. The molecule has 122 valence electrons. The molecule has 0 saturated heterocycles. The molecule has 1 aromatic carbocycles. The fourth-order valence-electron chi connectivity index (χ4n) is 1.76. The summed E-state index contributed by atoms with van der Waals surface area (Å²) < 4.78 is 37.2. The van der Waals surface area contributed by atoms with E-state index < -0.39 is 16.0 Å². The first-order valence-corrected chi connectivity index (χ1v) is 8.56. The first-order valence-electron chi connectivity index (χ1n) is 6.29. The van der Waals surface area contributed by atoms with Gasteiger partial charge in [-0.15, -0.1) is 0 Å². The maximum atomic E-state index is 12.4. The van der Waals surface area contributed by atoms with Gasteiger partial charge in [0.15, 0.2) is 5.03 Å². The molecule has 1 heterocycles. The number of sulfonamides is 1. The quantitative estimate of drug-likeness (QED) is 0.611. The van der Waals surface area contributed by atoms with Crippen molar-refractivity contribution in [1.29, 1.82) is 0 Å². The molecule has 1 N–H and O–H groups in total. The third-order valence-electron chi connectivity index (χ3n) is 2.83. The van der Waals surface area contributed by atoms with Gasteiger partial charge in [0, 0.05) is 0 Å². The third-order valence-corrected chi connectivity index (χ3v) is 4.54. The number of carbonyl (C=O) groups excluding carboxylic acids is 1. The largest absolute Gasteiger partial charge is 0.495 e. The molecule has 23 heavy (non-hydrogen) atoms. The van der Waals surface area contributed by atoms with E-state index in [1.165, 1.54) is 38.5 Å². The van der Waals surface area contributed by atoms with Crippen molar-refractivity contribution >= 4 is 37.6 Å². The van der Waals surface area contributed by atoms with E-state index >= 15 is 0 Å². The van der Waals surface area contributed by atoms with E-state index in [9.17, 15) is 13.2 Å². The number of nitrogens with zero attached hydrogens (tertiary/aromatic N) is 1. The number of anilines is 1. The predicted octanol–water partition coefficient (Wildman–Crippen LogP) is 2.44. The molecule has 0 fully saturated rings. The van der Waals surface area contributed by atoms with E-state index in [2.05, 4.69) is 30.4 Å². The molecule has 0 saturated carbocycles. The number of aromatic nitrogens is 1. The highest BCUT2D eigenvalue weighted by molar-refractivity contribution is 9.10. The van der Waals surface area contributed by atoms with Crippen molar-refractivity contribution in [2.45, 2.75) is 5.03 Å². The molecule has 7 nitrogen and oxygen atoms in total. The standard InChI is InChI=1S/C14H13BrN2O5S/c1-21-11-8-9(14(18)22-2)6-7-10(11)17-23(19,20)13-5-3-4-12(15)16-13/h3-8,17H,1-2H3. The summed E-state index contributed by atoms with van der Waals surface area (Å²) in [6, 6.07) is 8.77. The lowest BCUT2D eigenvalue weighted by Gasteiger charge is -2.12. The number of pyridine rings is 1. The fourth-order valence-corrected chi connectivity index (χ4v) is 3.26. The Bertz CT molecular complexity index is 839. The number of benzene rings is 1. The topological polar surface area (TPSA) is 94.6 Å². The van der Waals surface area contributed by atoms with E-state index in [0.29, 0.717) is 4.60 Å². The van der Waals surface area contributed by atoms with Crippen LogP contribution in [-0.2, 0) is 14.8 Å². The van der Waals surface area contributed by atoms with Crippen LogP contribution in [0.1, 0.15) is 10.4 Å². The molecule has 0 aliphatic carbocycles. The van der Waals surface area contributed by atoms with Gasteiger partial charge in [-0.05, 0) is 46.3 Å². The second-order valence-corrected chi connectivity index (χ2v) is 6.75. The highest BCUT2D eigenvalue weighted by Crippen LogP contribution is 2.28. The lowest BCUT2D eigenvalue weighted by Crippen LogP contribution is -2.15. The monoisotopic (exact) mass is 400 g/mol. The number of rotatable bonds is 5. The Morgan fingerprint density at radius 3 is 2.57 bits per heavy atom. The molecule has 0 unspecified atom stereocenters. The van der Waals surface area contributed by atoms with E-state index in [-0.39, 0.29) is 22.0 Å². The number of halogens is 1. The average Bonchev–Trinajstić information content (AvgIpc) is 2.54. The molecule has 0 aliphatic rings. The SMILES string of the molecule is COC(=O)c1ccc(NS(=O)(=O)c2cccc(Br)n2)c(OC)c1. The summed E-state index contributed by atoms with van der Waals surface area (Å²) in [6.45, 7) is 0. The Labute approximate surface area is 141 Å². The first kappa shape index (κ1) is 17.2. The minimum Gasteiger partial charge on any atom is -0.495 e. The van der Waals surface area contributed by atoms with E-state index in [1.54, 1.807) is 12.1 Å². The van der Waals surface area contributed by atoms with Crippen LogP contribution in [0.25, 0.3) is 0 Å². The highest BCUT2D eigenvalue weighted by atomic mass is 79.9. The van der Waals surface area contributed by atoms with E-state index in [4.69, 9.17) is 4.74 Å². The predicted molar refractivity (Wildman–Crippen MR) is 87.1 cm³/mol. The molecule has 2 aromatic rings. The normalized spacial score (nSPS) is 10.9. The highest BCUT2D eigenvalue weighted by Gasteiger charge is 2.19. The molecule has 0 atom stereocenters. The van der Waals surface area contributed by atoms with Crippen LogP contribution in [-0.4, -0.2) is 33.6 Å². The molecule has 2 rings (SSSR count). The number of nitrogens with one attached hydrogen (secondary N) is 1. The summed E-state index contributed by atoms with van der Waals surface area (Å²) in [4.78, 5) is 15.4. The van der Waals surface area contributed by atoms with Crippen LogP contribution in [0.4, 0.5) is 5.69 Å². The number of ether oxygens (including phenoxy) is 2. The lowest BCUT2D eigenvalue weighted by molar-refractivity contribution is 0.0600. The number of methoxy groups -OCH3 is 2. The summed E-state index contributed by atoms with van der Waals surface area (Å²) in [7, 11) is -1.27. The van der Waals surface area contributed by atoms with Gasteiger partial charge in [0.1, 0.15) is 10.4 Å². The summed E-state index contributed by atoms with van der Waals surface area (Å²) in [5.41, 5.74) is 0.426. The van der Waals surface area contributed by atoms with Crippen molar-refractivity contribution in [2.75, 3.05) is 18.9 Å². The van der Waals surface area contributed by atoms with Gasteiger partial charge >= 0.3 is 5.97 Å². The molecular weight excluding hydrogens is 388 g/mol. The van der Waals surface area contributed by atoms with Crippen molar-refractivity contribution in [1.82, 2.24) is 4.98 Å². The number of hydrogen-bond donors (Lipinski definition) is 1. The first-order chi connectivity index (χ1) is 10.9. The average molecular weight is 401 g/mol. The zero-order valence-corrected chi connectivity index (χ0v) is 14.6. The molecule has 0 radical (unpaired) electrons. The minimum absolute atomic E-state index is 0.147. The van der Waals surface area contributed by atoms with E-state index in [1.807, 2.05) is 0 Å². The molecule has 0 amide bonds. The number of hydrogen-bond acceptors (Lipinski definition) is 6. The summed E-state index contributed by atoms with van der Waals surface area (Å²) in [5.74, 6) is -0.363. The van der Waals surface area contributed by atoms with Crippen LogP contribution < -0.4 is 9.46 Å². The zero-order valence-electron chi connectivity index (χ0n) is 12.2. The van der Waals surface area contributed by atoms with Crippen LogP contribution in [0.2, 0.25) is 0 Å². The summed E-state index contributed by atoms with van der Waals surface area (Å²) >= 11 is 3.12. The van der Waals surface area contributed by atoms with Crippen LogP contribution in [0.5, 0.6) is 5.75 Å². The van der Waals surface area contributed by atoms with Crippen LogP contribution in [0.3, 0.4) is 0 Å². The van der Waals surface area contributed by atoms with Crippen molar-refractivity contribution in [3.8, 4) is 5.75 Å². The van der Waals surface area contributed by atoms with Gasteiger partial charge in [0.2, 0.25) is 0 Å². The van der Waals surface area contributed by atoms with Gasteiger partial charge in [-0.25, -0.2) is 9.78 Å². The second-order valence-electron chi connectivity index (χ2n) is 4.31. The van der Waals surface area contributed by atoms with Gasteiger partial charge < -0.3 is 9.47 Å². The molecule has 9 heteroatoms. The smallest absolute Gasteiger partial charge is 0.337 e. The van der Waals surface area contributed by atoms with Crippen molar-refractivity contribution in [2.24, 2.45) is 0 Å². The van der Waals surface area contributed by atoms with Gasteiger partial charge in [0.25, 0.3) is 10.0 Å². The van der Waals surface area contributed by atoms with Gasteiger partial charge in [-0.1, -0.05) is 6.07 Å². The van der Waals surface area contributed by atoms with Crippen LogP contribution >= 0.6 is 15.9 Å². The molecule has 0 spiro atoms. The second kappa shape index (κ2) is 6.97. The maximum absolute atomic E-state index is 12.4. The van der Waals surface area contributed by atoms with E-state index in [0.717, 1.165) is 0 Å².